The molecule has 0 bridgehead atoms. The van der Waals surface area contributed by atoms with Crippen molar-refractivity contribution in [3.63, 3.8) is 0 Å². The Hall–Kier alpha value is -1.64. The molecule has 0 saturated heterocycles. The molecule has 4 nitrogen and oxygen atoms in total. The summed E-state index contributed by atoms with van der Waals surface area (Å²) in [6.07, 6.45) is 4.47. The largest absolute Gasteiger partial charge is 0.412 e. The molecular weight excluding hydrogens is 311 g/mol. The Morgan fingerprint density at radius 1 is 1.26 bits per heavy atom. The van der Waals surface area contributed by atoms with Crippen LogP contribution in [0.25, 0.3) is 0 Å². The molecule has 0 spiro atoms. The highest BCUT2D eigenvalue weighted by Crippen LogP contribution is 2.50. The van der Waals surface area contributed by atoms with Gasteiger partial charge < -0.3 is 4.52 Å². The van der Waals surface area contributed by atoms with Gasteiger partial charge in [0.05, 0.1) is 17.3 Å². The summed E-state index contributed by atoms with van der Waals surface area (Å²) in [7, 11) is -3.68. The van der Waals surface area contributed by atoms with E-state index in [1.54, 1.807) is 31.2 Å². The van der Waals surface area contributed by atoms with E-state index < -0.39 is 19.0 Å². The van der Waals surface area contributed by atoms with Crippen molar-refractivity contribution in [3.05, 3.63) is 53.6 Å². The first-order valence-electron chi connectivity index (χ1n) is 7.71. The summed E-state index contributed by atoms with van der Waals surface area (Å²) < 4.78 is 23.9. The van der Waals surface area contributed by atoms with Crippen LogP contribution in [-0.4, -0.2) is 12.6 Å². The summed E-state index contributed by atoms with van der Waals surface area (Å²) in [6.45, 7) is 7.62. The fourth-order valence-corrected chi connectivity index (χ4v) is 4.08. The Morgan fingerprint density at radius 3 is 2.48 bits per heavy atom. The van der Waals surface area contributed by atoms with E-state index in [0.717, 1.165) is 11.1 Å². The molecule has 0 heterocycles. The quantitative estimate of drug-likeness (QED) is 0.750. The smallest absolute Gasteiger partial charge is 0.388 e. The zero-order valence-corrected chi connectivity index (χ0v) is 14.9. The Bertz CT molecular complexity index is 690. The first-order chi connectivity index (χ1) is 10.8. The van der Waals surface area contributed by atoms with Crippen molar-refractivity contribution >= 4 is 18.9 Å². The van der Waals surface area contributed by atoms with Crippen molar-refractivity contribution in [1.82, 2.24) is 0 Å². The van der Waals surface area contributed by atoms with Crippen molar-refractivity contribution in [1.29, 1.82) is 0 Å². The van der Waals surface area contributed by atoms with E-state index in [4.69, 9.17) is 9.05 Å². The van der Waals surface area contributed by atoms with Gasteiger partial charge in [0.15, 0.2) is 0 Å². The lowest BCUT2D eigenvalue weighted by Gasteiger charge is -2.31. The monoisotopic (exact) mass is 334 g/mol. The van der Waals surface area contributed by atoms with Gasteiger partial charge in [-0.3, -0.25) is 9.32 Å². The second-order valence-electron chi connectivity index (χ2n) is 5.94. The fraction of sp³-hybridized carbons (Fsp3) is 0.389. The van der Waals surface area contributed by atoms with Crippen LogP contribution in [0.5, 0.6) is 0 Å². The van der Waals surface area contributed by atoms with E-state index in [1.165, 1.54) is 0 Å². The number of rotatable bonds is 5. The molecule has 1 aliphatic rings. The highest BCUT2D eigenvalue weighted by Gasteiger charge is 2.42. The standard InChI is InChI=1S/C18H23O4P/c1-5-21-23(20,16-9-7-6-8-10-16)22-17(19)18(4)12-11-14(2)13-15(18)3/h6-11,13H,5,12H2,1-4H3. The zero-order valence-electron chi connectivity index (χ0n) is 14.0. The van der Waals surface area contributed by atoms with Gasteiger partial charge in [0.25, 0.3) is 0 Å². The number of benzene rings is 1. The minimum Gasteiger partial charge on any atom is -0.388 e. The summed E-state index contributed by atoms with van der Waals surface area (Å²) in [5.41, 5.74) is 1.20. The van der Waals surface area contributed by atoms with Crippen LogP contribution in [0.1, 0.15) is 34.1 Å². The lowest BCUT2D eigenvalue weighted by Crippen LogP contribution is -2.32. The second kappa shape index (κ2) is 6.86. The van der Waals surface area contributed by atoms with Gasteiger partial charge in [-0.1, -0.05) is 41.5 Å². The average Bonchev–Trinajstić information content (AvgIpc) is 2.52. The Labute approximate surface area is 137 Å². The average molecular weight is 334 g/mol. The van der Waals surface area contributed by atoms with Crippen LogP contribution in [0.2, 0.25) is 0 Å². The van der Waals surface area contributed by atoms with E-state index in [0.29, 0.717) is 11.7 Å². The molecule has 0 aliphatic heterocycles. The third-order valence-electron chi connectivity index (χ3n) is 4.17. The molecule has 2 rings (SSSR count). The molecule has 0 fully saturated rings. The molecule has 1 aromatic rings. The predicted octanol–water partition coefficient (Wildman–Crippen LogP) is 4.39. The number of hydrogen-bond acceptors (Lipinski definition) is 4. The van der Waals surface area contributed by atoms with E-state index in [1.807, 2.05) is 39.0 Å². The van der Waals surface area contributed by atoms with Crippen molar-refractivity contribution in [3.8, 4) is 0 Å². The van der Waals surface area contributed by atoms with Gasteiger partial charge >= 0.3 is 13.6 Å². The lowest BCUT2D eigenvalue weighted by molar-refractivity contribution is -0.143. The van der Waals surface area contributed by atoms with Gasteiger partial charge in [-0.2, -0.15) is 0 Å². The molecule has 0 saturated carbocycles. The van der Waals surface area contributed by atoms with Gasteiger partial charge in [-0.25, -0.2) is 4.57 Å². The molecule has 124 valence electrons. The summed E-state index contributed by atoms with van der Waals surface area (Å²) in [6, 6.07) is 8.60. The van der Waals surface area contributed by atoms with Gasteiger partial charge in [0.1, 0.15) is 0 Å². The number of carbonyl (C=O) groups excluding carboxylic acids is 1. The van der Waals surface area contributed by atoms with Crippen LogP contribution in [0.4, 0.5) is 0 Å². The molecule has 0 radical (unpaired) electrons. The molecule has 0 amide bonds. The van der Waals surface area contributed by atoms with Gasteiger partial charge in [0, 0.05) is 0 Å². The minimum atomic E-state index is -3.68. The normalized spacial score (nSPS) is 23.5. The summed E-state index contributed by atoms with van der Waals surface area (Å²) in [4.78, 5) is 12.8. The topological polar surface area (TPSA) is 52.6 Å². The first-order valence-corrected chi connectivity index (χ1v) is 9.26. The molecule has 0 aromatic heterocycles. The Balaban J connectivity index is 2.30. The Kier molecular flexibility index (Phi) is 5.28. The van der Waals surface area contributed by atoms with Crippen LogP contribution in [0, 0.1) is 5.41 Å². The van der Waals surface area contributed by atoms with E-state index in [9.17, 15) is 9.36 Å². The Morgan fingerprint density at radius 2 is 1.91 bits per heavy atom. The molecule has 2 atom stereocenters. The number of allylic oxidation sites excluding steroid dienone is 3. The highest BCUT2D eigenvalue weighted by atomic mass is 31.2. The van der Waals surface area contributed by atoms with Crippen LogP contribution in [0.3, 0.4) is 0 Å². The molecule has 23 heavy (non-hydrogen) atoms. The maximum atomic E-state index is 13.1. The predicted molar refractivity (Wildman–Crippen MR) is 91.6 cm³/mol. The van der Waals surface area contributed by atoms with Gasteiger partial charge in [-0.15, -0.1) is 0 Å². The SMILES string of the molecule is CCOP(=O)(OC(=O)C1(C)CC=C(C)C=C1C)c1ccccc1. The van der Waals surface area contributed by atoms with Crippen LogP contribution in [0.15, 0.2) is 53.6 Å². The molecule has 5 heteroatoms. The minimum absolute atomic E-state index is 0.198. The summed E-state index contributed by atoms with van der Waals surface area (Å²) >= 11 is 0. The molecule has 1 aromatic carbocycles. The maximum Gasteiger partial charge on any atom is 0.412 e. The van der Waals surface area contributed by atoms with Crippen molar-refractivity contribution < 1.29 is 18.4 Å². The van der Waals surface area contributed by atoms with E-state index in [2.05, 4.69) is 0 Å². The summed E-state index contributed by atoms with van der Waals surface area (Å²) in [5.74, 6) is -0.518. The highest BCUT2D eigenvalue weighted by molar-refractivity contribution is 7.62. The molecule has 1 aliphatic carbocycles. The molecule has 0 N–H and O–H groups in total. The van der Waals surface area contributed by atoms with E-state index in [-0.39, 0.29) is 6.61 Å². The fourth-order valence-electron chi connectivity index (χ4n) is 2.47. The lowest BCUT2D eigenvalue weighted by atomic mass is 9.76. The molecular formula is C18H23O4P. The van der Waals surface area contributed by atoms with Crippen molar-refractivity contribution in [2.45, 2.75) is 34.1 Å². The second-order valence-corrected chi connectivity index (χ2v) is 7.89. The zero-order chi connectivity index (χ0) is 17.1. The van der Waals surface area contributed by atoms with Crippen LogP contribution < -0.4 is 5.30 Å². The van der Waals surface area contributed by atoms with Gasteiger partial charge in [0.2, 0.25) is 0 Å². The molecule has 2 unspecified atom stereocenters. The van der Waals surface area contributed by atoms with E-state index >= 15 is 0 Å². The first kappa shape index (κ1) is 17.7. The van der Waals surface area contributed by atoms with Crippen LogP contribution in [-0.2, 0) is 18.4 Å². The van der Waals surface area contributed by atoms with Crippen molar-refractivity contribution in [2.24, 2.45) is 5.41 Å². The van der Waals surface area contributed by atoms with Gasteiger partial charge in [-0.05, 0) is 46.2 Å². The number of hydrogen-bond donors (Lipinski definition) is 0. The van der Waals surface area contributed by atoms with Crippen LogP contribution >= 0.6 is 7.60 Å². The summed E-state index contributed by atoms with van der Waals surface area (Å²) in [5, 5.41) is 0.392. The third-order valence-corrected chi connectivity index (χ3v) is 6.11. The number of carbonyl (C=O) groups is 1. The van der Waals surface area contributed by atoms with Crippen molar-refractivity contribution in [2.75, 3.05) is 6.61 Å². The third kappa shape index (κ3) is 3.65. The maximum absolute atomic E-state index is 13.1.